The summed E-state index contributed by atoms with van der Waals surface area (Å²) in [6.45, 7) is 2.80. The molecular weight excluding hydrogens is 390 g/mol. The Kier molecular flexibility index (Phi) is 7.47. The Morgan fingerprint density at radius 2 is 1.90 bits per heavy atom. The number of ether oxygens (including phenoxy) is 2. The number of nitrogens with zero attached hydrogens (tertiary/aromatic N) is 1. The summed E-state index contributed by atoms with van der Waals surface area (Å²) in [6, 6.07) is 8.14. The van der Waals surface area contributed by atoms with Crippen molar-refractivity contribution in [2.24, 2.45) is 0 Å². The lowest BCUT2D eigenvalue weighted by molar-refractivity contribution is -0.147. The lowest BCUT2D eigenvalue weighted by Crippen LogP contribution is -2.22. The third kappa shape index (κ3) is 5.32. The van der Waals surface area contributed by atoms with Gasteiger partial charge in [0.15, 0.2) is 6.61 Å². The molecule has 0 unspecified atom stereocenters. The van der Waals surface area contributed by atoms with E-state index < -0.39 is 30.0 Å². The summed E-state index contributed by atoms with van der Waals surface area (Å²) in [5, 5.41) is 11.6. The highest BCUT2D eigenvalue weighted by Crippen LogP contribution is 2.17. The van der Waals surface area contributed by atoms with E-state index >= 15 is 0 Å². The lowest BCUT2D eigenvalue weighted by atomic mass is 9.99. The molecule has 0 aliphatic heterocycles. The second-order valence-corrected chi connectivity index (χ2v) is 6.42. The second kappa shape index (κ2) is 10.0. The van der Waals surface area contributed by atoms with Gasteiger partial charge in [-0.15, -0.1) is 0 Å². The van der Waals surface area contributed by atoms with Crippen molar-refractivity contribution in [2.45, 2.75) is 26.7 Å². The molecule has 9 nitrogen and oxygen atoms in total. The predicted octanol–water partition coefficient (Wildman–Crippen LogP) is 1.76. The van der Waals surface area contributed by atoms with Gasteiger partial charge in [-0.05, 0) is 43.5 Å². The van der Waals surface area contributed by atoms with Crippen LogP contribution >= 0.6 is 0 Å². The molecule has 0 spiro atoms. The molecule has 1 aromatic carbocycles. The first-order valence-corrected chi connectivity index (χ1v) is 9.03. The minimum atomic E-state index is -0.616. The van der Waals surface area contributed by atoms with E-state index in [-0.39, 0.29) is 29.7 Å². The quantitative estimate of drug-likeness (QED) is 0.662. The normalized spacial score (nSPS) is 10.1. The molecule has 0 fully saturated rings. The van der Waals surface area contributed by atoms with Gasteiger partial charge in [-0.2, -0.15) is 5.26 Å². The fourth-order valence-corrected chi connectivity index (χ4v) is 2.93. The molecule has 0 aliphatic carbocycles. The van der Waals surface area contributed by atoms with Gasteiger partial charge >= 0.3 is 11.9 Å². The summed E-state index contributed by atoms with van der Waals surface area (Å²) in [4.78, 5) is 50.2. The zero-order chi connectivity index (χ0) is 22.3. The number of esters is 2. The summed E-state index contributed by atoms with van der Waals surface area (Å²) >= 11 is 0. The number of benzene rings is 1. The van der Waals surface area contributed by atoms with Crippen LogP contribution in [0.3, 0.4) is 0 Å². The monoisotopic (exact) mass is 411 g/mol. The number of hydrogen-bond acceptors (Lipinski definition) is 7. The first-order chi connectivity index (χ1) is 14.3. The van der Waals surface area contributed by atoms with Crippen molar-refractivity contribution < 1.29 is 23.9 Å². The second-order valence-electron chi connectivity index (χ2n) is 6.42. The fraction of sp³-hybridized carbons (Fsp3) is 0.286. The largest absolute Gasteiger partial charge is 0.465 e. The van der Waals surface area contributed by atoms with Crippen LogP contribution < -0.4 is 10.9 Å². The number of aryl methyl sites for hydroxylation is 1. The highest BCUT2D eigenvalue weighted by molar-refractivity contribution is 6.01. The number of methoxy groups -OCH3 is 1. The number of carbonyl (C=O) groups excluding carboxylic acids is 3. The molecular formula is C21H21N3O6. The smallest absolute Gasteiger partial charge is 0.339 e. The van der Waals surface area contributed by atoms with Crippen LogP contribution in [-0.2, 0) is 25.5 Å². The number of H-pyrrole nitrogens is 1. The fourth-order valence-electron chi connectivity index (χ4n) is 2.93. The van der Waals surface area contributed by atoms with Gasteiger partial charge in [0.2, 0.25) is 0 Å². The summed E-state index contributed by atoms with van der Waals surface area (Å²) in [7, 11) is 1.23. The zero-order valence-corrected chi connectivity index (χ0v) is 16.8. The highest BCUT2D eigenvalue weighted by atomic mass is 16.5. The van der Waals surface area contributed by atoms with Crippen LogP contribution in [0, 0.1) is 25.2 Å². The first-order valence-electron chi connectivity index (χ1n) is 9.03. The standard InChI is InChI=1S/C21H21N3O6/c1-12-14(13(2)23-20(27)16(12)10-22)8-9-19(26)30-11-18(25)24-17-7-5-4-6-15(17)21(28)29-3/h4-7H,8-9,11H2,1-3H3,(H,23,27)(H,24,25). The molecule has 30 heavy (non-hydrogen) atoms. The molecule has 156 valence electrons. The number of para-hydroxylation sites is 1. The topological polar surface area (TPSA) is 138 Å². The Morgan fingerprint density at radius 3 is 2.57 bits per heavy atom. The van der Waals surface area contributed by atoms with Gasteiger partial charge in [0, 0.05) is 12.1 Å². The van der Waals surface area contributed by atoms with Crippen molar-refractivity contribution in [1.29, 1.82) is 5.26 Å². The van der Waals surface area contributed by atoms with E-state index in [0.717, 1.165) is 0 Å². The van der Waals surface area contributed by atoms with Gasteiger partial charge in [0.25, 0.3) is 11.5 Å². The van der Waals surface area contributed by atoms with Crippen molar-refractivity contribution in [3.8, 4) is 6.07 Å². The van der Waals surface area contributed by atoms with Crippen LogP contribution in [0.4, 0.5) is 5.69 Å². The summed E-state index contributed by atoms with van der Waals surface area (Å²) < 4.78 is 9.64. The van der Waals surface area contributed by atoms with E-state index in [9.17, 15) is 19.2 Å². The van der Waals surface area contributed by atoms with E-state index in [1.165, 1.54) is 19.2 Å². The maximum absolute atomic E-state index is 12.1. The molecule has 2 N–H and O–H groups in total. The number of rotatable bonds is 7. The van der Waals surface area contributed by atoms with E-state index in [1.54, 1.807) is 26.0 Å². The van der Waals surface area contributed by atoms with Crippen molar-refractivity contribution in [2.75, 3.05) is 19.0 Å². The third-order valence-electron chi connectivity index (χ3n) is 4.47. The van der Waals surface area contributed by atoms with Crippen molar-refractivity contribution >= 4 is 23.5 Å². The Balaban J connectivity index is 1.94. The zero-order valence-electron chi connectivity index (χ0n) is 16.8. The summed E-state index contributed by atoms with van der Waals surface area (Å²) in [6.07, 6.45) is 0.208. The van der Waals surface area contributed by atoms with Crippen molar-refractivity contribution in [1.82, 2.24) is 4.98 Å². The number of aromatic nitrogens is 1. The number of carbonyl (C=O) groups is 3. The molecule has 0 atom stereocenters. The molecule has 2 rings (SSSR count). The van der Waals surface area contributed by atoms with Crippen molar-refractivity contribution in [3.63, 3.8) is 0 Å². The third-order valence-corrected chi connectivity index (χ3v) is 4.47. The molecule has 2 aromatic rings. The minimum absolute atomic E-state index is 0.00705. The van der Waals surface area contributed by atoms with Gasteiger partial charge in [0.05, 0.1) is 18.4 Å². The first kappa shape index (κ1) is 22.4. The highest BCUT2D eigenvalue weighted by Gasteiger charge is 2.16. The van der Waals surface area contributed by atoms with Crippen LogP contribution in [0.25, 0.3) is 0 Å². The van der Waals surface area contributed by atoms with Gasteiger partial charge in [-0.1, -0.05) is 12.1 Å². The Bertz CT molecular complexity index is 1080. The summed E-state index contributed by atoms with van der Waals surface area (Å²) in [5.74, 6) is -1.83. The van der Waals surface area contributed by atoms with Gasteiger partial charge in [-0.25, -0.2) is 4.79 Å². The van der Waals surface area contributed by atoms with Crippen LogP contribution in [0.2, 0.25) is 0 Å². The minimum Gasteiger partial charge on any atom is -0.465 e. The molecule has 1 heterocycles. The average Bonchev–Trinajstić information content (AvgIpc) is 2.72. The number of nitriles is 1. The Hall–Kier alpha value is -3.93. The molecule has 9 heteroatoms. The average molecular weight is 411 g/mol. The van der Waals surface area contributed by atoms with Crippen LogP contribution in [-0.4, -0.2) is 36.5 Å². The SMILES string of the molecule is COC(=O)c1ccccc1NC(=O)COC(=O)CCc1c(C)[nH]c(=O)c(C#N)c1C. The van der Waals surface area contributed by atoms with Crippen molar-refractivity contribution in [3.05, 3.63) is 62.6 Å². The molecule has 0 saturated heterocycles. The Labute approximate surface area is 172 Å². The van der Waals surface area contributed by atoms with E-state index in [2.05, 4.69) is 15.0 Å². The number of amides is 1. The molecule has 1 aromatic heterocycles. The number of nitrogens with one attached hydrogen (secondary N) is 2. The van der Waals surface area contributed by atoms with E-state index in [1.807, 2.05) is 6.07 Å². The molecule has 0 radical (unpaired) electrons. The maximum Gasteiger partial charge on any atom is 0.339 e. The van der Waals surface area contributed by atoms with Crippen LogP contribution in [0.1, 0.15) is 39.2 Å². The van der Waals surface area contributed by atoms with Gasteiger partial charge in [-0.3, -0.25) is 14.4 Å². The van der Waals surface area contributed by atoms with Gasteiger partial charge in [0.1, 0.15) is 11.6 Å². The predicted molar refractivity (Wildman–Crippen MR) is 107 cm³/mol. The number of hydrogen-bond donors (Lipinski definition) is 2. The molecule has 0 saturated carbocycles. The van der Waals surface area contributed by atoms with E-state index in [4.69, 9.17) is 10.00 Å². The molecule has 0 bridgehead atoms. The van der Waals surface area contributed by atoms with Gasteiger partial charge < -0.3 is 19.8 Å². The van der Waals surface area contributed by atoms with Crippen LogP contribution in [0.15, 0.2) is 29.1 Å². The summed E-state index contributed by atoms with van der Waals surface area (Å²) in [5.41, 5.74) is 1.73. The van der Waals surface area contributed by atoms with E-state index in [0.29, 0.717) is 16.8 Å². The molecule has 1 amide bonds. The molecule has 0 aliphatic rings. The number of aromatic amines is 1. The van der Waals surface area contributed by atoms with Crippen LogP contribution in [0.5, 0.6) is 0 Å². The Morgan fingerprint density at radius 1 is 1.20 bits per heavy atom. The number of pyridine rings is 1. The lowest BCUT2D eigenvalue weighted by Gasteiger charge is -2.11. The number of anilines is 1. The maximum atomic E-state index is 12.1.